The molecule has 0 spiro atoms. The number of rotatable bonds is 5. The first kappa shape index (κ1) is 13.6. The SMILES string of the molecule is O=C(COCc1ccc(Cl)cc1)Nc1ccccc1. The summed E-state index contributed by atoms with van der Waals surface area (Å²) in [5, 5.41) is 3.44. The highest BCUT2D eigenvalue weighted by Crippen LogP contribution is 2.10. The molecule has 98 valence electrons. The summed E-state index contributed by atoms with van der Waals surface area (Å²) in [6.07, 6.45) is 0. The smallest absolute Gasteiger partial charge is 0.250 e. The molecule has 2 aromatic carbocycles. The Kier molecular flexibility index (Phi) is 4.95. The molecule has 3 nitrogen and oxygen atoms in total. The van der Waals surface area contributed by atoms with E-state index in [1.807, 2.05) is 42.5 Å². The zero-order chi connectivity index (χ0) is 13.5. The number of carbonyl (C=O) groups is 1. The van der Waals surface area contributed by atoms with Crippen LogP contribution in [0.15, 0.2) is 54.6 Å². The zero-order valence-corrected chi connectivity index (χ0v) is 11.1. The second-order valence-electron chi connectivity index (χ2n) is 4.03. The van der Waals surface area contributed by atoms with E-state index in [1.54, 1.807) is 12.1 Å². The fraction of sp³-hybridized carbons (Fsp3) is 0.133. The van der Waals surface area contributed by atoms with Crippen LogP contribution in [0, 0.1) is 0 Å². The van der Waals surface area contributed by atoms with Gasteiger partial charge >= 0.3 is 0 Å². The molecular weight excluding hydrogens is 262 g/mol. The lowest BCUT2D eigenvalue weighted by molar-refractivity contribution is -0.121. The van der Waals surface area contributed by atoms with Crippen molar-refractivity contribution >= 4 is 23.2 Å². The predicted molar refractivity (Wildman–Crippen MR) is 76.2 cm³/mol. The van der Waals surface area contributed by atoms with Gasteiger partial charge in [-0.1, -0.05) is 41.9 Å². The van der Waals surface area contributed by atoms with Gasteiger partial charge in [0, 0.05) is 10.7 Å². The van der Waals surface area contributed by atoms with Crippen molar-refractivity contribution in [2.24, 2.45) is 0 Å². The number of anilines is 1. The number of amides is 1. The van der Waals surface area contributed by atoms with Crippen molar-refractivity contribution < 1.29 is 9.53 Å². The van der Waals surface area contributed by atoms with Crippen LogP contribution in [0.3, 0.4) is 0 Å². The summed E-state index contributed by atoms with van der Waals surface area (Å²) in [5.41, 5.74) is 1.75. The number of halogens is 1. The molecule has 0 radical (unpaired) electrons. The van der Waals surface area contributed by atoms with Crippen LogP contribution in [0.5, 0.6) is 0 Å². The summed E-state index contributed by atoms with van der Waals surface area (Å²) in [5.74, 6) is -0.167. The summed E-state index contributed by atoms with van der Waals surface area (Å²) in [6.45, 7) is 0.414. The molecule has 0 aliphatic heterocycles. The van der Waals surface area contributed by atoms with Crippen molar-refractivity contribution in [3.63, 3.8) is 0 Å². The molecule has 0 aromatic heterocycles. The van der Waals surface area contributed by atoms with Crippen molar-refractivity contribution in [3.05, 3.63) is 65.2 Å². The molecule has 0 fully saturated rings. The number of hydrogen-bond donors (Lipinski definition) is 1. The molecule has 0 aliphatic carbocycles. The van der Waals surface area contributed by atoms with Gasteiger partial charge in [0.15, 0.2) is 0 Å². The number of para-hydroxylation sites is 1. The number of hydrogen-bond acceptors (Lipinski definition) is 2. The minimum absolute atomic E-state index is 0.0253. The first-order valence-corrected chi connectivity index (χ1v) is 6.29. The monoisotopic (exact) mass is 275 g/mol. The van der Waals surface area contributed by atoms with Crippen LogP contribution in [-0.2, 0) is 16.1 Å². The number of nitrogens with one attached hydrogen (secondary N) is 1. The maximum atomic E-state index is 11.6. The van der Waals surface area contributed by atoms with E-state index in [2.05, 4.69) is 5.32 Å². The number of benzene rings is 2. The second-order valence-corrected chi connectivity index (χ2v) is 4.47. The van der Waals surface area contributed by atoms with Crippen LogP contribution >= 0.6 is 11.6 Å². The molecule has 19 heavy (non-hydrogen) atoms. The molecule has 0 atom stereocenters. The van der Waals surface area contributed by atoms with Crippen LogP contribution in [-0.4, -0.2) is 12.5 Å². The first-order chi connectivity index (χ1) is 9.24. The fourth-order valence-corrected chi connectivity index (χ4v) is 1.69. The van der Waals surface area contributed by atoms with Crippen molar-refractivity contribution in [3.8, 4) is 0 Å². The van der Waals surface area contributed by atoms with Crippen LogP contribution in [0.2, 0.25) is 5.02 Å². The Labute approximate surface area is 117 Å². The van der Waals surface area contributed by atoms with E-state index >= 15 is 0 Å². The highest BCUT2D eigenvalue weighted by molar-refractivity contribution is 6.30. The van der Waals surface area contributed by atoms with Gasteiger partial charge in [-0.25, -0.2) is 0 Å². The predicted octanol–water partition coefficient (Wildman–Crippen LogP) is 3.50. The molecule has 0 bridgehead atoms. The third kappa shape index (κ3) is 4.73. The van der Waals surface area contributed by atoms with Crippen molar-refractivity contribution in [1.29, 1.82) is 0 Å². The van der Waals surface area contributed by atoms with E-state index in [0.717, 1.165) is 11.3 Å². The number of ether oxygens (including phenoxy) is 1. The van der Waals surface area contributed by atoms with E-state index in [4.69, 9.17) is 16.3 Å². The van der Waals surface area contributed by atoms with Crippen LogP contribution < -0.4 is 5.32 Å². The highest BCUT2D eigenvalue weighted by Gasteiger charge is 2.02. The van der Waals surface area contributed by atoms with Gasteiger partial charge in [0.2, 0.25) is 5.91 Å². The molecular formula is C15H14ClNO2. The molecule has 2 rings (SSSR count). The Bertz CT molecular complexity index is 526. The fourth-order valence-electron chi connectivity index (χ4n) is 1.56. The van der Waals surface area contributed by atoms with Crippen molar-refractivity contribution in [2.45, 2.75) is 6.61 Å². The molecule has 0 saturated heterocycles. The zero-order valence-electron chi connectivity index (χ0n) is 10.3. The first-order valence-electron chi connectivity index (χ1n) is 5.91. The maximum absolute atomic E-state index is 11.6. The molecule has 0 heterocycles. The molecule has 2 aromatic rings. The third-order valence-electron chi connectivity index (χ3n) is 2.47. The van der Waals surface area contributed by atoms with Gasteiger partial charge in [0.25, 0.3) is 0 Å². The molecule has 0 aliphatic rings. The third-order valence-corrected chi connectivity index (χ3v) is 2.72. The van der Waals surface area contributed by atoms with Gasteiger partial charge in [-0.05, 0) is 29.8 Å². The van der Waals surface area contributed by atoms with E-state index in [1.165, 1.54) is 0 Å². The normalized spacial score (nSPS) is 10.2. The van der Waals surface area contributed by atoms with Crippen LogP contribution in [0.25, 0.3) is 0 Å². The van der Waals surface area contributed by atoms with Gasteiger partial charge in [0.1, 0.15) is 6.61 Å². The molecule has 1 amide bonds. The standard InChI is InChI=1S/C15H14ClNO2/c16-13-8-6-12(7-9-13)10-19-11-15(18)17-14-4-2-1-3-5-14/h1-9H,10-11H2,(H,17,18). The lowest BCUT2D eigenvalue weighted by Crippen LogP contribution is -2.18. The van der Waals surface area contributed by atoms with Gasteiger partial charge in [-0.15, -0.1) is 0 Å². The lowest BCUT2D eigenvalue weighted by atomic mass is 10.2. The highest BCUT2D eigenvalue weighted by atomic mass is 35.5. The quantitative estimate of drug-likeness (QED) is 0.907. The minimum atomic E-state index is -0.167. The molecule has 4 heteroatoms. The number of carbonyl (C=O) groups excluding carboxylic acids is 1. The average molecular weight is 276 g/mol. The minimum Gasteiger partial charge on any atom is -0.367 e. The lowest BCUT2D eigenvalue weighted by Gasteiger charge is -2.06. The largest absolute Gasteiger partial charge is 0.367 e. The summed E-state index contributed by atoms with van der Waals surface area (Å²) < 4.78 is 5.34. The Morgan fingerprint density at radius 1 is 1.05 bits per heavy atom. The van der Waals surface area contributed by atoms with E-state index in [-0.39, 0.29) is 12.5 Å². The van der Waals surface area contributed by atoms with Gasteiger partial charge < -0.3 is 10.1 Å². The van der Waals surface area contributed by atoms with E-state index in [9.17, 15) is 4.79 Å². The Morgan fingerprint density at radius 3 is 2.42 bits per heavy atom. The summed E-state index contributed by atoms with van der Waals surface area (Å²) >= 11 is 5.78. The van der Waals surface area contributed by atoms with Crippen LogP contribution in [0.1, 0.15) is 5.56 Å². The maximum Gasteiger partial charge on any atom is 0.250 e. The topological polar surface area (TPSA) is 38.3 Å². The summed E-state index contributed by atoms with van der Waals surface area (Å²) in [6, 6.07) is 16.6. The van der Waals surface area contributed by atoms with E-state index < -0.39 is 0 Å². The Morgan fingerprint density at radius 2 is 1.74 bits per heavy atom. The van der Waals surface area contributed by atoms with E-state index in [0.29, 0.717) is 11.6 Å². The van der Waals surface area contributed by atoms with Gasteiger partial charge in [0.05, 0.1) is 6.61 Å². The Hall–Kier alpha value is -1.84. The molecule has 0 saturated carbocycles. The summed E-state index contributed by atoms with van der Waals surface area (Å²) in [7, 11) is 0. The average Bonchev–Trinajstić information content (AvgIpc) is 2.42. The Balaban J connectivity index is 1.74. The summed E-state index contributed by atoms with van der Waals surface area (Å²) in [4.78, 5) is 11.6. The van der Waals surface area contributed by atoms with Crippen LogP contribution in [0.4, 0.5) is 5.69 Å². The van der Waals surface area contributed by atoms with Gasteiger partial charge in [-0.2, -0.15) is 0 Å². The van der Waals surface area contributed by atoms with Gasteiger partial charge in [-0.3, -0.25) is 4.79 Å². The van der Waals surface area contributed by atoms with Crippen molar-refractivity contribution in [2.75, 3.05) is 11.9 Å². The molecule has 1 N–H and O–H groups in total. The van der Waals surface area contributed by atoms with Crippen molar-refractivity contribution in [1.82, 2.24) is 0 Å². The molecule has 0 unspecified atom stereocenters. The second kappa shape index (κ2) is 6.92.